The second-order valence-corrected chi connectivity index (χ2v) is 9.22. The van der Waals surface area contributed by atoms with Crippen LogP contribution in [0.2, 0.25) is 0 Å². The van der Waals surface area contributed by atoms with Crippen LogP contribution < -0.4 is 5.32 Å². The molecule has 4 heteroatoms. The lowest BCUT2D eigenvalue weighted by Gasteiger charge is -2.29. The summed E-state index contributed by atoms with van der Waals surface area (Å²) in [4.78, 5) is 27.6. The van der Waals surface area contributed by atoms with Crippen LogP contribution in [0.4, 0.5) is 0 Å². The predicted octanol–water partition coefficient (Wildman–Crippen LogP) is 5.24. The Morgan fingerprint density at radius 1 is 0.871 bits per heavy atom. The number of carbonyl (C=O) groups excluding carboxylic acids is 2. The number of hydrogen-bond donors (Lipinski definition) is 1. The summed E-state index contributed by atoms with van der Waals surface area (Å²) in [7, 11) is 0. The number of nitrogens with one attached hydrogen (secondary N) is 1. The first-order valence-electron chi connectivity index (χ1n) is 11.4. The number of carbonyl (C=O) groups is 2. The van der Waals surface area contributed by atoms with Crippen molar-refractivity contribution in [3.63, 3.8) is 0 Å². The molecule has 0 aliphatic rings. The van der Waals surface area contributed by atoms with E-state index >= 15 is 0 Å². The van der Waals surface area contributed by atoms with Crippen molar-refractivity contribution in [3.8, 4) is 0 Å². The molecule has 2 rings (SSSR count). The predicted molar refractivity (Wildman–Crippen MR) is 128 cm³/mol. The Kier molecular flexibility index (Phi) is 9.29. The minimum Gasteiger partial charge on any atom is -0.354 e. The molecule has 0 saturated heterocycles. The fraction of sp³-hybridized carbons (Fsp3) is 0.481. The third kappa shape index (κ3) is 7.86. The summed E-state index contributed by atoms with van der Waals surface area (Å²) in [5.74, 6) is 0.758. The number of nitrogens with zero attached hydrogens (tertiary/aromatic N) is 1. The van der Waals surface area contributed by atoms with E-state index in [1.165, 1.54) is 11.1 Å². The lowest BCUT2D eigenvalue weighted by Crippen LogP contribution is -2.48. The van der Waals surface area contributed by atoms with E-state index in [9.17, 15) is 9.59 Å². The Hall–Kier alpha value is -2.62. The van der Waals surface area contributed by atoms with E-state index < -0.39 is 6.04 Å². The van der Waals surface area contributed by atoms with Crippen LogP contribution in [-0.2, 0) is 22.6 Å². The van der Waals surface area contributed by atoms with Gasteiger partial charge < -0.3 is 10.2 Å². The molecule has 168 valence electrons. The van der Waals surface area contributed by atoms with E-state index in [0.29, 0.717) is 37.8 Å². The fourth-order valence-corrected chi connectivity index (χ4v) is 3.39. The smallest absolute Gasteiger partial charge is 0.242 e. The lowest BCUT2D eigenvalue weighted by molar-refractivity contribution is -0.140. The Bertz CT molecular complexity index is 839. The average molecular weight is 423 g/mol. The SMILES string of the molecule is Cc1ccc(CN(C(=O)CCc2ccc(C(C)C)cc2)[C@H](C)C(=O)NCC(C)C)cc1. The summed E-state index contributed by atoms with van der Waals surface area (Å²) in [5, 5.41) is 2.97. The molecule has 0 aromatic heterocycles. The van der Waals surface area contributed by atoms with Gasteiger partial charge in [-0.25, -0.2) is 0 Å². The summed E-state index contributed by atoms with van der Waals surface area (Å²) < 4.78 is 0. The molecule has 2 amide bonds. The van der Waals surface area contributed by atoms with Crippen LogP contribution in [0.3, 0.4) is 0 Å². The van der Waals surface area contributed by atoms with E-state index in [4.69, 9.17) is 0 Å². The van der Waals surface area contributed by atoms with Gasteiger partial charge in [-0.2, -0.15) is 0 Å². The molecule has 1 atom stereocenters. The van der Waals surface area contributed by atoms with Crippen molar-refractivity contribution in [1.29, 1.82) is 0 Å². The van der Waals surface area contributed by atoms with Crippen molar-refractivity contribution < 1.29 is 9.59 Å². The molecule has 2 aromatic rings. The molecule has 0 spiro atoms. The summed E-state index contributed by atoms with van der Waals surface area (Å²) in [6.07, 6.45) is 1.05. The molecule has 0 aliphatic carbocycles. The first-order chi connectivity index (χ1) is 14.7. The summed E-state index contributed by atoms with van der Waals surface area (Å²) in [5.41, 5.74) is 4.65. The molecule has 0 radical (unpaired) electrons. The highest BCUT2D eigenvalue weighted by Gasteiger charge is 2.26. The van der Waals surface area contributed by atoms with Gasteiger partial charge >= 0.3 is 0 Å². The molecule has 0 unspecified atom stereocenters. The van der Waals surface area contributed by atoms with Crippen LogP contribution in [0, 0.1) is 12.8 Å². The van der Waals surface area contributed by atoms with Crippen molar-refractivity contribution in [3.05, 3.63) is 70.8 Å². The Morgan fingerprint density at radius 3 is 2.00 bits per heavy atom. The number of hydrogen-bond acceptors (Lipinski definition) is 2. The van der Waals surface area contributed by atoms with Crippen molar-refractivity contribution in [1.82, 2.24) is 10.2 Å². The fourth-order valence-electron chi connectivity index (χ4n) is 3.39. The van der Waals surface area contributed by atoms with Crippen LogP contribution in [-0.4, -0.2) is 29.3 Å². The Labute approximate surface area is 188 Å². The van der Waals surface area contributed by atoms with Gasteiger partial charge in [0.25, 0.3) is 0 Å². The van der Waals surface area contributed by atoms with Gasteiger partial charge in [0.15, 0.2) is 0 Å². The maximum Gasteiger partial charge on any atom is 0.242 e. The van der Waals surface area contributed by atoms with Crippen LogP contribution >= 0.6 is 0 Å². The van der Waals surface area contributed by atoms with Crippen LogP contribution in [0.5, 0.6) is 0 Å². The molecule has 0 fully saturated rings. The molecule has 31 heavy (non-hydrogen) atoms. The van der Waals surface area contributed by atoms with Gasteiger partial charge in [0.2, 0.25) is 11.8 Å². The molecule has 2 aromatic carbocycles. The van der Waals surface area contributed by atoms with Crippen molar-refractivity contribution in [2.45, 2.75) is 72.9 Å². The van der Waals surface area contributed by atoms with E-state index in [1.807, 2.05) is 38.1 Å². The zero-order valence-corrected chi connectivity index (χ0v) is 19.9. The Balaban J connectivity index is 2.10. The molecule has 1 N–H and O–H groups in total. The van der Waals surface area contributed by atoms with Crippen molar-refractivity contribution in [2.24, 2.45) is 5.92 Å². The normalized spacial score (nSPS) is 12.1. The average Bonchev–Trinajstić information content (AvgIpc) is 2.75. The molecular formula is C27H38N2O2. The first kappa shape index (κ1) is 24.6. The minimum atomic E-state index is -0.518. The zero-order chi connectivity index (χ0) is 23.0. The standard InChI is InChI=1S/C27H38N2O2/c1-19(2)17-28-27(31)22(6)29(18-24-9-7-21(5)8-10-24)26(30)16-13-23-11-14-25(15-12-23)20(3)4/h7-12,14-15,19-20,22H,13,16-18H2,1-6H3,(H,28,31)/t22-/m1/s1. The highest BCUT2D eigenvalue weighted by atomic mass is 16.2. The quantitative estimate of drug-likeness (QED) is 0.569. The first-order valence-corrected chi connectivity index (χ1v) is 11.4. The van der Waals surface area contributed by atoms with Crippen LogP contribution in [0.15, 0.2) is 48.5 Å². The van der Waals surface area contributed by atoms with Gasteiger partial charge in [-0.15, -0.1) is 0 Å². The molecule has 0 heterocycles. The van der Waals surface area contributed by atoms with Gasteiger partial charge in [-0.3, -0.25) is 9.59 Å². The van der Waals surface area contributed by atoms with E-state index in [2.05, 4.69) is 57.3 Å². The van der Waals surface area contributed by atoms with Gasteiger partial charge in [-0.05, 0) is 48.8 Å². The highest BCUT2D eigenvalue weighted by molar-refractivity contribution is 5.87. The van der Waals surface area contributed by atoms with Crippen LogP contribution in [0.1, 0.15) is 69.2 Å². The lowest BCUT2D eigenvalue weighted by atomic mass is 10.00. The minimum absolute atomic E-state index is 0.000656. The van der Waals surface area contributed by atoms with Crippen molar-refractivity contribution >= 4 is 11.8 Å². The highest BCUT2D eigenvalue weighted by Crippen LogP contribution is 2.17. The van der Waals surface area contributed by atoms with Gasteiger partial charge in [-0.1, -0.05) is 81.8 Å². The summed E-state index contributed by atoms with van der Waals surface area (Å²) in [6.45, 7) is 13.4. The third-order valence-corrected chi connectivity index (χ3v) is 5.60. The number of aryl methyl sites for hydroxylation is 2. The van der Waals surface area contributed by atoms with E-state index in [0.717, 1.165) is 11.1 Å². The van der Waals surface area contributed by atoms with Gasteiger partial charge in [0, 0.05) is 19.5 Å². The molecular weight excluding hydrogens is 384 g/mol. The monoisotopic (exact) mass is 422 g/mol. The maximum absolute atomic E-state index is 13.2. The second-order valence-electron chi connectivity index (χ2n) is 9.22. The largest absolute Gasteiger partial charge is 0.354 e. The molecule has 0 bridgehead atoms. The number of amides is 2. The zero-order valence-electron chi connectivity index (χ0n) is 19.9. The molecule has 4 nitrogen and oxygen atoms in total. The number of benzene rings is 2. The van der Waals surface area contributed by atoms with Gasteiger partial charge in [0.1, 0.15) is 6.04 Å². The molecule has 0 saturated carbocycles. The topological polar surface area (TPSA) is 49.4 Å². The molecule has 0 aliphatic heterocycles. The third-order valence-electron chi connectivity index (χ3n) is 5.60. The van der Waals surface area contributed by atoms with Gasteiger partial charge in [0.05, 0.1) is 0 Å². The van der Waals surface area contributed by atoms with Crippen molar-refractivity contribution in [2.75, 3.05) is 6.54 Å². The summed E-state index contributed by atoms with van der Waals surface area (Å²) in [6, 6.07) is 16.1. The van der Waals surface area contributed by atoms with E-state index in [-0.39, 0.29) is 11.8 Å². The Morgan fingerprint density at radius 2 is 1.45 bits per heavy atom. The van der Waals surface area contributed by atoms with E-state index in [1.54, 1.807) is 4.90 Å². The van der Waals surface area contributed by atoms with Crippen LogP contribution in [0.25, 0.3) is 0 Å². The second kappa shape index (κ2) is 11.7. The number of rotatable bonds is 10. The summed E-state index contributed by atoms with van der Waals surface area (Å²) >= 11 is 0. The maximum atomic E-state index is 13.2.